The van der Waals surface area contributed by atoms with Crippen molar-refractivity contribution >= 4 is 16.9 Å². The van der Waals surface area contributed by atoms with Gasteiger partial charge in [-0.1, -0.05) is 6.07 Å². The van der Waals surface area contributed by atoms with Crippen LogP contribution in [0.5, 0.6) is 0 Å². The highest BCUT2D eigenvalue weighted by molar-refractivity contribution is 5.81. The number of primary amides is 1. The molecule has 0 unspecified atom stereocenters. The standard InChI is InChI=1S/C11H13N3O2/c1-13-8-4-3-7(6-10(12)15)5-9(8)14(2)11(13)16/h3-5H,6H2,1-2H3,(H2,12,15). The Balaban J connectivity index is 2.67. The Morgan fingerprint density at radius 2 is 1.88 bits per heavy atom. The van der Waals surface area contributed by atoms with E-state index in [-0.39, 0.29) is 18.0 Å². The van der Waals surface area contributed by atoms with Crippen molar-refractivity contribution < 1.29 is 4.79 Å². The molecule has 1 aromatic heterocycles. The summed E-state index contributed by atoms with van der Waals surface area (Å²) < 4.78 is 3.13. The largest absolute Gasteiger partial charge is 0.369 e. The number of carbonyl (C=O) groups is 1. The van der Waals surface area contributed by atoms with Gasteiger partial charge in [-0.05, 0) is 17.7 Å². The molecule has 1 amide bonds. The number of hydrogen-bond acceptors (Lipinski definition) is 2. The Morgan fingerprint density at radius 3 is 2.50 bits per heavy atom. The second kappa shape index (κ2) is 3.52. The molecule has 0 radical (unpaired) electrons. The molecule has 2 N–H and O–H groups in total. The fraction of sp³-hybridized carbons (Fsp3) is 0.273. The maximum Gasteiger partial charge on any atom is 0.328 e. The van der Waals surface area contributed by atoms with E-state index in [1.807, 2.05) is 18.2 Å². The number of hydrogen-bond donors (Lipinski definition) is 1. The van der Waals surface area contributed by atoms with Gasteiger partial charge in [0.15, 0.2) is 0 Å². The monoisotopic (exact) mass is 219 g/mol. The van der Waals surface area contributed by atoms with E-state index in [2.05, 4.69) is 0 Å². The number of imidazole rings is 1. The third kappa shape index (κ3) is 1.50. The van der Waals surface area contributed by atoms with Crippen LogP contribution >= 0.6 is 0 Å². The first kappa shape index (κ1) is 10.5. The molecule has 84 valence electrons. The Hall–Kier alpha value is -2.04. The van der Waals surface area contributed by atoms with Gasteiger partial charge in [-0.3, -0.25) is 13.9 Å². The number of aromatic nitrogens is 2. The van der Waals surface area contributed by atoms with Crippen molar-refractivity contribution in [2.45, 2.75) is 6.42 Å². The SMILES string of the molecule is Cn1c(=O)n(C)c2cc(CC(N)=O)ccc21. The van der Waals surface area contributed by atoms with E-state index >= 15 is 0 Å². The fourth-order valence-corrected chi connectivity index (χ4v) is 1.86. The topological polar surface area (TPSA) is 70.0 Å². The van der Waals surface area contributed by atoms with Gasteiger partial charge in [-0.2, -0.15) is 0 Å². The Kier molecular flexibility index (Phi) is 2.30. The van der Waals surface area contributed by atoms with Crippen molar-refractivity contribution in [1.29, 1.82) is 0 Å². The van der Waals surface area contributed by atoms with E-state index < -0.39 is 0 Å². The first-order chi connectivity index (χ1) is 7.50. The van der Waals surface area contributed by atoms with Crippen LogP contribution in [0.15, 0.2) is 23.0 Å². The summed E-state index contributed by atoms with van der Waals surface area (Å²) in [6.07, 6.45) is 0.193. The van der Waals surface area contributed by atoms with Crippen LogP contribution in [0.4, 0.5) is 0 Å². The van der Waals surface area contributed by atoms with Gasteiger partial charge < -0.3 is 5.73 Å². The highest BCUT2D eigenvalue weighted by atomic mass is 16.2. The highest BCUT2D eigenvalue weighted by Crippen LogP contribution is 2.14. The van der Waals surface area contributed by atoms with Crippen molar-refractivity contribution in [3.8, 4) is 0 Å². The molecule has 2 rings (SSSR count). The zero-order chi connectivity index (χ0) is 11.9. The molecule has 1 aromatic carbocycles. The lowest BCUT2D eigenvalue weighted by atomic mass is 10.1. The third-order valence-corrected chi connectivity index (χ3v) is 2.71. The molecule has 0 atom stereocenters. The quantitative estimate of drug-likeness (QED) is 0.766. The lowest BCUT2D eigenvalue weighted by Gasteiger charge is -1.99. The number of nitrogens with zero attached hydrogens (tertiary/aromatic N) is 2. The van der Waals surface area contributed by atoms with Crippen molar-refractivity contribution in [2.75, 3.05) is 0 Å². The van der Waals surface area contributed by atoms with E-state index in [0.29, 0.717) is 0 Å². The van der Waals surface area contributed by atoms with E-state index in [4.69, 9.17) is 5.73 Å². The first-order valence-corrected chi connectivity index (χ1v) is 4.93. The second-order valence-corrected chi connectivity index (χ2v) is 3.87. The van der Waals surface area contributed by atoms with E-state index in [1.54, 1.807) is 23.2 Å². The van der Waals surface area contributed by atoms with E-state index in [1.165, 1.54) is 0 Å². The van der Waals surface area contributed by atoms with Crippen LogP contribution in [0.2, 0.25) is 0 Å². The first-order valence-electron chi connectivity index (χ1n) is 4.93. The van der Waals surface area contributed by atoms with Gasteiger partial charge in [0, 0.05) is 14.1 Å². The number of carbonyl (C=O) groups excluding carboxylic acids is 1. The van der Waals surface area contributed by atoms with Crippen LogP contribution in [-0.2, 0) is 25.3 Å². The van der Waals surface area contributed by atoms with Crippen molar-refractivity contribution in [1.82, 2.24) is 9.13 Å². The summed E-state index contributed by atoms with van der Waals surface area (Å²) in [6.45, 7) is 0. The van der Waals surface area contributed by atoms with Gasteiger partial charge in [-0.25, -0.2) is 4.79 Å². The van der Waals surface area contributed by atoms with Crippen LogP contribution in [-0.4, -0.2) is 15.0 Å². The van der Waals surface area contributed by atoms with Crippen LogP contribution in [0.3, 0.4) is 0 Å². The molecule has 0 spiro atoms. The number of aryl methyl sites for hydroxylation is 2. The van der Waals surface area contributed by atoms with Gasteiger partial charge in [0.25, 0.3) is 0 Å². The van der Waals surface area contributed by atoms with Gasteiger partial charge in [0.05, 0.1) is 17.5 Å². The van der Waals surface area contributed by atoms with E-state index in [0.717, 1.165) is 16.6 Å². The molecule has 5 heteroatoms. The van der Waals surface area contributed by atoms with Gasteiger partial charge >= 0.3 is 5.69 Å². The molecule has 5 nitrogen and oxygen atoms in total. The Morgan fingerprint density at radius 1 is 1.25 bits per heavy atom. The van der Waals surface area contributed by atoms with Crippen LogP contribution in [0.25, 0.3) is 11.0 Å². The number of benzene rings is 1. The zero-order valence-electron chi connectivity index (χ0n) is 9.23. The minimum absolute atomic E-state index is 0.0776. The van der Waals surface area contributed by atoms with Gasteiger partial charge in [-0.15, -0.1) is 0 Å². The summed E-state index contributed by atoms with van der Waals surface area (Å²) in [4.78, 5) is 22.5. The molecule has 0 aliphatic carbocycles. The maximum absolute atomic E-state index is 11.7. The Labute approximate surface area is 92.1 Å². The third-order valence-electron chi connectivity index (χ3n) is 2.71. The van der Waals surface area contributed by atoms with Gasteiger partial charge in [0.1, 0.15) is 0 Å². The van der Waals surface area contributed by atoms with Crippen molar-refractivity contribution in [2.24, 2.45) is 19.8 Å². The molecule has 0 aliphatic rings. The lowest BCUT2D eigenvalue weighted by molar-refractivity contribution is -0.117. The van der Waals surface area contributed by atoms with E-state index in [9.17, 15) is 9.59 Å². The number of amides is 1. The van der Waals surface area contributed by atoms with Crippen LogP contribution < -0.4 is 11.4 Å². The summed E-state index contributed by atoms with van der Waals surface area (Å²) in [6, 6.07) is 5.46. The van der Waals surface area contributed by atoms with Crippen LogP contribution in [0, 0.1) is 0 Å². The molecule has 16 heavy (non-hydrogen) atoms. The summed E-state index contributed by atoms with van der Waals surface area (Å²) in [5.41, 5.74) is 7.53. The highest BCUT2D eigenvalue weighted by Gasteiger charge is 2.08. The summed E-state index contributed by atoms with van der Waals surface area (Å²) in [5.74, 6) is -0.375. The minimum atomic E-state index is -0.375. The predicted octanol–water partition coefficient (Wildman–Crippen LogP) is -0.0952. The summed E-state index contributed by atoms with van der Waals surface area (Å²) in [5, 5.41) is 0. The molecule has 0 bridgehead atoms. The number of fused-ring (bicyclic) bond motifs is 1. The molecule has 0 fully saturated rings. The smallest absolute Gasteiger partial charge is 0.328 e. The second-order valence-electron chi connectivity index (χ2n) is 3.87. The normalized spacial score (nSPS) is 10.9. The molecule has 0 saturated carbocycles. The molecule has 1 heterocycles. The summed E-state index contributed by atoms with van der Waals surface area (Å²) >= 11 is 0. The van der Waals surface area contributed by atoms with Crippen molar-refractivity contribution in [3.63, 3.8) is 0 Å². The molecular weight excluding hydrogens is 206 g/mol. The molecule has 0 aliphatic heterocycles. The average molecular weight is 219 g/mol. The lowest BCUT2D eigenvalue weighted by Crippen LogP contribution is -2.19. The Bertz CT molecular complexity index is 622. The van der Waals surface area contributed by atoms with Gasteiger partial charge in [0.2, 0.25) is 5.91 Å². The predicted molar refractivity (Wildman–Crippen MR) is 61.1 cm³/mol. The number of rotatable bonds is 2. The fourth-order valence-electron chi connectivity index (χ4n) is 1.86. The number of nitrogens with two attached hydrogens (primary N) is 1. The molecule has 2 aromatic rings. The zero-order valence-corrected chi connectivity index (χ0v) is 9.23. The molecular formula is C11H13N3O2. The van der Waals surface area contributed by atoms with Crippen molar-refractivity contribution in [3.05, 3.63) is 34.2 Å². The summed E-state index contributed by atoms with van der Waals surface area (Å²) in [7, 11) is 3.43. The molecule has 0 saturated heterocycles. The maximum atomic E-state index is 11.7. The van der Waals surface area contributed by atoms with Crippen LogP contribution in [0.1, 0.15) is 5.56 Å². The minimum Gasteiger partial charge on any atom is -0.369 e. The average Bonchev–Trinajstić information content (AvgIpc) is 2.43.